The number of hydrogen-bond acceptors (Lipinski definition) is 4. The first-order valence-electron chi connectivity index (χ1n) is 9.04. The summed E-state index contributed by atoms with van der Waals surface area (Å²) in [4.78, 5) is 24.8. The van der Waals surface area contributed by atoms with E-state index in [-0.39, 0.29) is 28.4 Å². The van der Waals surface area contributed by atoms with Gasteiger partial charge in [-0.3, -0.25) is 4.79 Å². The lowest BCUT2D eigenvalue weighted by Gasteiger charge is -2.37. The lowest BCUT2D eigenvalue weighted by atomic mass is 9.69. The quantitative estimate of drug-likeness (QED) is 0.781. The normalized spacial score (nSPS) is 42.2. The molecule has 1 spiro atoms. The Morgan fingerprint density at radius 2 is 2.00 bits per heavy atom. The molecule has 1 N–H and O–H groups in total. The summed E-state index contributed by atoms with van der Waals surface area (Å²) in [7, 11) is -3.62. The molecule has 0 aromatic carbocycles. The second-order valence-electron chi connectivity index (χ2n) is 8.63. The van der Waals surface area contributed by atoms with Crippen molar-refractivity contribution in [1.29, 1.82) is 0 Å². The Balaban J connectivity index is 1.61. The minimum Gasteiger partial charge on any atom is -0.327 e. The van der Waals surface area contributed by atoms with Crippen molar-refractivity contribution in [3.8, 4) is 0 Å². The molecule has 0 aromatic rings. The molecule has 6 nitrogen and oxygen atoms in total. The van der Waals surface area contributed by atoms with Crippen LogP contribution in [-0.4, -0.2) is 42.4 Å². The third-order valence-corrected chi connectivity index (χ3v) is 9.36. The Kier molecular flexibility index (Phi) is 3.38. The van der Waals surface area contributed by atoms with Gasteiger partial charge < -0.3 is 5.32 Å². The van der Waals surface area contributed by atoms with Crippen LogP contribution in [0.4, 0.5) is 4.79 Å². The number of rotatable bonds is 1. The van der Waals surface area contributed by atoms with Crippen molar-refractivity contribution >= 4 is 21.8 Å². The van der Waals surface area contributed by atoms with E-state index in [0.717, 1.165) is 36.4 Å². The average Bonchev–Trinajstić information content (AvgIpc) is 2.96. The van der Waals surface area contributed by atoms with Gasteiger partial charge >= 0.3 is 6.03 Å². The molecule has 1 saturated heterocycles. The van der Waals surface area contributed by atoms with Crippen molar-refractivity contribution in [3.63, 3.8) is 0 Å². The van der Waals surface area contributed by atoms with E-state index in [9.17, 15) is 18.0 Å². The molecule has 7 heteroatoms. The molecule has 4 aliphatic rings. The van der Waals surface area contributed by atoms with E-state index >= 15 is 0 Å². The fourth-order valence-corrected chi connectivity index (χ4v) is 8.38. The van der Waals surface area contributed by atoms with E-state index in [1.165, 1.54) is 0 Å². The predicted octanol–water partition coefficient (Wildman–Crippen LogP) is 2.05. The number of hydrogen-bond donors (Lipinski definition) is 1. The van der Waals surface area contributed by atoms with Gasteiger partial charge in [0, 0.05) is 11.8 Å². The molecule has 4 rings (SSSR count). The fourth-order valence-electron chi connectivity index (χ4n) is 5.90. The van der Waals surface area contributed by atoms with Crippen molar-refractivity contribution in [2.45, 2.75) is 70.9 Å². The maximum Gasteiger partial charge on any atom is 0.331 e. The number of carbonyl (C=O) groups excluding carboxylic acids is 2. The highest BCUT2D eigenvalue weighted by atomic mass is 32.2. The standard InChI is InChI=1S/C17H26N2O4S/c1-16(2)11-7-8-17(16)10-24(22,23)19(14(17)9-11)15(21)18-12-5-3-4-6-13(12)20/h11-12,14H,3-10H2,1-2H3,(H,18,21)/t11-,12-,14-,17-/m1/s1. The highest BCUT2D eigenvalue weighted by Crippen LogP contribution is 2.69. The first-order chi connectivity index (χ1) is 11.2. The molecule has 2 bridgehead atoms. The second kappa shape index (κ2) is 4.96. The van der Waals surface area contributed by atoms with Crippen molar-refractivity contribution in [3.05, 3.63) is 0 Å². The maximum atomic E-state index is 12.8. The minimum atomic E-state index is -3.62. The molecule has 24 heavy (non-hydrogen) atoms. The molecule has 3 aliphatic carbocycles. The number of sulfonamides is 1. The van der Waals surface area contributed by atoms with Crippen LogP contribution in [0.15, 0.2) is 0 Å². The summed E-state index contributed by atoms with van der Waals surface area (Å²) in [6.45, 7) is 4.32. The molecule has 3 saturated carbocycles. The third kappa shape index (κ3) is 1.96. The van der Waals surface area contributed by atoms with Crippen LogP contribution in [0.1, 0.15) is 58.8 Å². The van der Waals surface area contributed by atoms with Crippen LogP contribution in [0, 0.1) is 16.7 Å². The SMILES string of the molecule is CC1(C)[C@@H]2CC[C@]13CS(=O)(=O)N(C(=O)N[C@@H]1CCCCC1=O)[C@@H]3C2. The van der Waals surface area contributed by atoms with E-state index in [2.05, 4.69) is 19.2 Å². The van der Waals surface area contributed by atoms with Crippen molar-refractivity contribution in [2.24, 2.45) is 16.7 Å². The second-order valence-corrected chi connectivity index (χ2v) is 10.5. The maximum absolute atomic E-state index is 12.8. The zero-order valence-electron chi connectivity index (χ0n) is 14.4. The number of nitrogens with zero attached hydrogens (tertiary/aromatic N) is 1. The molecule has 0 radical (unpaired) electrons. The first kappa shape index (κ1) is 16.4. The predicted molar refractivity (Wildman–Crippen MR) is 88.8 cm³/mol. The summed E-state index contributed by atoms with van der Waals surface area (Å²) in [6, 6.07) is -1.35. The monoisotopic (exact) mass is 354 g/mol. The topological polar surface area (TPSA) is 83.6 Å². The van der Waals surface area contributed by atoms with Gasteiger partial charge in [0.15, 0.2) is 5.78 Å². The van der Waals surface area contributed by atoms with Crippen LogP contribution in [0.3, 0.4) is 0 Å². The molecule has 2 amide bonds. The Morgan fingerprint density at radius 3 is 2.67 bits per heavy atom. The van der Waals surface area contributed by atoms with E-state index in [1.54, 1.807) is 0 Å². The number of nitrogens with one attached hydrogen (secondary N) is 1. The zero-order chi connectivity index (χ0) is 17.3. The lowest BCUT2D eigenvalue weighted by Crippen LogP contribution is -2.52. The Labute approximate surface area is 143 Å². The molecular formula is C17H26N2O4S. The lowest BCUT2D eigenvalue weighted by molar-refractivity contribution is -0.122. The summed E-state index contributed by atoms with van der Waals surface area (Å²) >= 11 is 0. The highest BCUT2D eigenvalue weighted by Gasteiger charge is 2.72. The number of ketones is 1. The number of carbonyl (C=O) groups is 2. The number of Topliss-reactive ketones (excluding diaryl/α,β-unsaturated/α-hetero) is 1. The van der Waals surface area contributed by atoms with Gasteiger partial charge in [-0.25, -0.2) is 17.5 Å². The van der Waals surface area contributed by atoms with Crippen molar-refractivity contribution < 1.29 is 18.0 Å². The van der Waals surface area contributed by atoms with Crippen LogP contribution in [0.2, 0.25) is 0 Å². The summed E-state index contributed by atoms with van der Waals surface area (Å²) in [5.41, 5.74) is -0.370. The molecule has 1 aliphatic heterocycles. The van der Waals surface area contributed by atoms with Gasteiger partial charge in [-0.15, -0.1) is 0 Å². The van der Waals surface area contributed by atoms with Crippen LogP contribution in [0.25, 0.3) is 0 Å². The molecule has 1 heterocycles. The number of amides is 2. The van der Waals surface area contributed by atoms with E-state index in [4.69, 9.17) is 0 Å². The summed E-state index contributed by atoms with van der Waals surface area (Å²) < 4.78 is 26.7. The first-order valence-corrected chi connectivity index (χ1v) is 10.7. The summed E-state index contributed by atoms with van der Waals surface area (Å²) in [6.07, 6.45) is 5.53. The van der Waals surface area contributed by atoms with E-state index < -0.39 is 22.1 Å². The van der Waals surface area contributed by atoms with Crippen LogP contribution in [0.5, 0.6) is 0 Å². The Hall–Kier alpha value is -1.11. The van der Waals surface area contributed by atoms with Gasteiger partial charge in [-0.2, -0.15) is 0 Å². The van der Waals surface area contributed by atoms with Crippen molar-refractivity contribution in [1.82, 2.24) is 9.62 Å². The van der Waals surface area contributed by atoms with Gasteiger partial charge in [0.05, 0.1) is 17.8 Å². The molecular weight excluding hydrogens is 328 g/mol. The molecule has 4 fully saturated rings. The largest absolute Gasteiger partial charge is 0.331 e. The van der Waals surface area contributed by atoms with Gasteiger partial charge in [0.1, 0.15) is 0 Å². The molecule has 134 valence electrons. The fraction of sp³-hybridized carbons (Fsp3) is 0.882. The smallest absolute Gasteiger partial charge is 0.327 e. The Morgan fingerprint density at radius 1 is 1.25 bits per heavy atom. The number of fused-ring (bicyclic) bond motifs is 1. The minimum absolute atomic E-state index is 0.0224. The molecule has 4 atom stereocenters. The van der Waals surface area contributed by atoms with Crippen LogP contribution >= 0.6 is 0 Å². The van der Waals surface area contributed by atoms with Crippen LogP contribution in [-0.2, 0) is 14.8 Å². The van der Waals surface area contributed by atoms with E-state index in [1.807, 2.05) is 0 Å². The summed E-state index contributed by atoms with van der Waals surface area (Å²) in [5.74, 6) is 0.569. The Bertz CT molecular complexity index is 701. The van der Waals surface area contributed by atoms with E-state index in [0.29, 0.717) is 18.8 Å². The zero-order valence-corrected chi connectivity index (χ0v) is 15.2. The highest BCUT2D eigenvalue weighted by molar-refractivity contribution is 7.90. The number of urea groups is 1. The summed E-state index contributed by atoms with van der Waals surface area (Å²) in [5, 5.41) is 2.72. The van der Waals surface area contributed by atoms with Gasteiger partial charge in [-0.05, 0) is 43.4 Å². The van der Waals surface area contributed by atoms with Gasteiger partial charge in [-0.1, -0.05) is 20.3 Å². The third-order valence-electron chi connectivity index (χ3n) is 7.46. The van der Waals surface area contributed by atoms with Gasteiger partial charge in [0.2, 0.25) is 10.0 Å². The molecule has 0 aromatic heterocycles. The van der Waals surface area contributed by atoms with Gasteiger partial charge in [0.25, 0.3) is 0 Å². The van der Waals surface area contributed by atoms with Crippen LogP contribution < -0.4 is 5.32 Å². The molecule has 0 unspecified atom stereocenters. The van der Waals surface area contributed by atoms with Crippen molar-refractivity contribution in [2.75, 3.05) is 5.75 Å². The average molecular weight is 354 g/mol.